The van der Waals surface area contributed by atoms with Gasteiger partial charge in [-0.05, 0) is 43.7 Å². The second kappa shape index (κ2) is 9.02. The molecule has 1 unspecified atom stereocenters. The fourth-order valence-corrected chi connectivity index (χ4v) is 4.68. The van der Waals surface area contributed by atoms with Gasteiger partial charge in [0.2, 0.25) is 5.91 Å². The first-order chi connectivity index (χ1) is 13.3. The van der Waals surface area contributed by atoms with Crippen molar-refractivity contribution >= 4 is 11.7 Å². The number of carbonyl (C=O) groups is 1. The highest BCUT2D eigenvalue weighted by Crippen LogP contribution is 2.24. The summed E-state index contributed by atoms with van der Waals surface area (Å²) in [5, 5.41) is 0. The number of hydrogen-bond donors (Lipinski definition) is 0. The van der Waals surface area contributed by atoms with Gasteiger partial charge in [-0.1, -0.05) is 6.07 Å². The monoisotopic (exact) mass is 372 g/mol. The van der Waals surface area contributed by atoms with Crippen LogP contribution >= 0.6 is 0 Å². The van der Waals surface area contributed by atoms with Crippen LogP contribution in [0.4, 0.5) is 5.82 Å². The smallest absolute Gasteiger partial charge is 0.225 e. The maximum Gasteiger partial charge on any atom is 0.225 e. The Morgan fingerprint density at radius 1 is 1.07 bits per heavy atom. The van der Waals surface area contributed by atoms with Gasteiger partial charge in [-0.2, -0.15) is 0 Å². The van der Waals surface area contributed by atoms with E-state index in [0.29, 0.717) is 11.8 Å². The highest BCUT2D eigenvalue weighted by Gasteiger charge is 2.31. The molecule has 0 N–H and O–H groups in total. The molecule has 6 nitrogen and oxygen atoms in total. The number of ether oxygens (including phenoxy) is 1. The van der Waals surface area contributed by atoms with Crippen molar-refractivity contribution in [3.05, 3.63) is 24.4 Å². The van der Waals surface area contributed by atoms with E-state index in [1.165, 1.54) is 6.42 Å². The molecule has 27 heavy (non-hydrogen) atoms. The molecule has 6 heteroatoms. The molecule has 1 aromatic heterocycles. The Morgan fingerprint density at radius 2 is 1.89 bits per heavy atom. The van der Waals surface area contributed by atoms with Crippen LogP contribution in [0.2, 0.25) is 0 Å². The summed E-state index contributed by atoms with van der Waals surface area (Å²) in [6, 6.07) is 6.12. The molecule has 3 fully saturated rings. The Balaban J connectivity index is 1.24. The van der Waals surface area contributed by atoms with Crippen LogP contribution in [-0.2, 0) is 9.53 Å². The van der Waals surface area contributed by atoms with Crippen LogP contribution in [0.5, 0.6) is 0 Å². The molecule has 0 aromatic carbocycles. The summed E-state index contributed by atoms with van der Waals surface area (Å²) in [5.74, 6) is 2.27. The highest BCUT2D eigenvalue weighted by atomic mass is 16.5. The second-order valence-electron chi connectivity index (χ2n) is 8.15. The average molecular weight is 373 g/mol. The summed E-state index contributed by atoms with van der Waals surface area (Å²) < 4.78 is 5.41. The van der Waals surface area contributed by atoms with Gasteiger partial charge in [0, 0.05) is 71.1 Å². The van der Waals surface area contributed by atoms with Gasteiger partial charge in [-0.15, -0.1) is 0 Å². The molecule has 148 valence electrons. The van der Waals surface area contributed by atoms with Gasteiger partial charge in [0.1, 0.15) is 5.82 Å². The molecule has 0 aliphatic carbocycles. The van der Waals surface area contributed by atoms with Crippen molar-refractivity contribution in [1.29, 1.82) is 0 Å². The first kappa shape index (κ1) is 18.7. The molecule has 4 heterocycles. The Labute approximate surface area is 162 Å². The number of nitrogens with zero attached hydrogens (tertiary/aromatic N) is 4. The molecule has 0 radical (unpaired) electrons. The molecular weight excluding hydrogens is 340 g/mol. The van der Waals surface area contributed by atoms with Crippen LogP contribution in [0.25, 0.3) is 0 Å². The summed E-state index contributed by atoms with van der Waals surface area (Å²) in [7, 11) is 0. The lowest BCUT2D eigenvalue weighted by molar-refractivity contribution is -0.140. The van der Waals surface area contributed by atoms with Crippen LogP contribution in [0.1, 0.15) is 25.7 Å². The number of pyridine rings is 1. The van der Waals surface area contributed by atoms with Crippen molar-refractivity contribution in [1.82, 2.24) is 14.8 Å². The minimum absolute atomic E-state index is 0.194. The third kappa shape index (κ3) is 4.79. The van der Waals surface area contributed by atoms with Gasteiger partial charge in [0.25, 0.3) is 0 Å². The average Bonchev–Trinajstić information content (AvgIpc) is 2.75. The van der Waals surface area contributed by atoms with E-state index in [0.717, 1.165) is 84.1 Å². The van der Waals surface area contributed by atoms with E-state index in [1.807, 2.05) is 12.3 Å². The lowest BCUT2D eigenvalue weighted by Crippen LogP contribution is -2.51. The minimum Gasteiger partial charge on any atom is -0.381 e. The predicted octanol–water partition coefficient (Wildman–Crippen LogP) is 1.87. The van der Waals surface area contributed by atoms with Crippen LogP contribution < -0.4 is 4.90 Å². The number of piperazine rings is 1. The van der Waals surface area contributed by atoms with Gasteiger partial charge >= 0.3 is 0 Å². The van der Waals surface area contributed by atoms with Crippen molar-refractivity contribution in [2.75, 3.05) is 63.9 Å². The summed E-state index contributed by atoms with van der Waals surface area (Å²) in [6.07, 6.45) is 6.06. The van der Waals surface area contributed by atoms with E-state index < -0.39 is 0 Å². The quantitative estimate of drug-likeness (QED) is 0.808. The molecule has 3 saturated heterocycles. The number of piperidine rings is 1. The maximum absolute atomic E-state index is 12.8. The van der Waals surface area contributed by atoms with Crippen LogP contribution in [-0.4, -0.2) is 79.7 Å². The van der Waals surface area contributed by atoms with Gasteiger partial charge in [0.15, 0.2) is 0 Å². The third-order valence-electron chi connectivity index (χ3n) is 6.26. The first-order valence-electron chi connectivity index (χ1n) is 10.5. The molecule has 0 saturated carbocycles. The SMILES string of the molecule is O=C(C1CCOCC1)N1CCCC(CN2CCN(c3ccccn3)CC2)C1. The molecule has 3 aliphatic heterocycles. The predicted molar refractivity (Wildman–Crippen MR) is 106 cm³/mol. The number of anilines is 1. The van der Waals surface area contributed by atoms with E-state index in [2.05, 4.69) is 31.8 Å². The van der Waals surface area contributed by atoms with Crippen molar-refractivity contribution in [2.24, 2.45) is 11.8 Å². The number of rotatable bonds is 4. The van der Waals surface area contributed by atoms with Gasteiger partial charge < -0.3 is 14.5 Å². The topological polar surface area (TPSA) is 48.9 Å². The van der Waals surface area contributed by atoms with E-state index >= 15 is 0 Å². The van der Waals surface area contributed by atoms with E-state index in [9.17, 15) is 4.79 Å². The zero-order valence-corrected chi connectivity index (χ0v) is 16.3. The zero-order valence-electron chi connectivity index (χ0n) is 16.3. The number of hydrogen-bond acceptors (Lipinski definition) is 5. The first-order valence-corrected chi connectivity index (χ1v) is 10.5. The Bertz CT molecular complexity index is 597. The number of carbonyl (C=O) groups excluding carboxylic acids is 1. The van der Waals surface area contributed by atoms with Gasteiger partial charge in [0.05, 0.1) is 0 Å². The molecule has 0 spiro atoms. The standard InChI is InChI=1S/C21H32N4O2/c26-21(19-6-14-27-15-7-19)25-9-3-4-18(17-25)16-23-10-12-24(13-11-23)20-5-1-2-8-22-20/h1-2,5,8,18-19H,3-4,6-7,9-17H2. The van der Waals surface area contributed by atoms with Crippen LogP contribution in [0.3, 0.4) is 0 Å². The normalized spacial score (nSPS) is 25.6. The molecular formula is C21H32N4O2. The lowest BCUT2D eigenvalue weighted by atomic mass is 9.93. The number of likely N-dealkylation sites (tertiary alicyclic amines) is 1. The summed E-state index contributed by atoms with van der Waals surface area (Å²) >= 11 is 0. The minimum atomic E-state index is 0.194. The van der Waals surface area contributed by atoms with E-state index in [-0.39, 0.29) is 5.92 Å². The van der Waals surface area contributed by atoms with Crippen LogP contribution in [0.15, 0.2) is 24.4 Å². The lowest BCUT2D eigenvalue weighted by Gasteiger charge is -2.40. The van der Waals surface area contributed by atoms with Crippen molar-refractivity contribution in [3.63, 3.8) is 0 Å². The molecule has 3 aliphatic rings. The van der Waals surface area contributed by atoms with E-state index in [1.54, 1.807) is 0 Å². The van der Waals surface area contributed by atoms with E-state index in [4.69, 9.17) is 4.74 Å². The molecule has 1 atom stereocenters. The Morgan fingerprint density at radius 3 is 2.63 bits per heavy atom. The highest BCUT2D eigenvalue weighted by molar-refractivity contribution is 5.79. The fraction of sp³-hybridized carbons (Fsp3) is 0.714. The second-order valence-corrected chi connectivity index (χ2v) is 8.15. The molecule has 0 bridgehead atoms. The largest absolute Gasteiger partial charge is 0.381 e. The Kier molecular flexibility index (Phi) is 6.24. The summed E-state index contributed by atoms with van der Waals surface area (Å²) in [6.45, 7) is 8.73. The zero-order chi connectivity index (χ0) is 18.5. The number of amides is 1. The molecule has 1 amide bonds. The Hall–Kier alpha value is -1.66. The van der Waals surface area contributed by atoms with Gasteiger partial charge in [-0.3, -0.25) is 9.69 Å². The molecule has 4 rings (SSSR count). The summed E-state index contributed by atoms with van der Waals surface area (Å²) in [4.78, 5) is 24.4. The van der Waals surface area contributed by atoms with Crippen molar-refractivity contribution in [2.45, 2.75) is 25.7 Å². The third-order valence-corrected chi connectivity index (χ3v) is 6.26. The summed E-state index contributed by atoms with van der Waals surface area (Å²) in [5.41, 5.74) is 0. The molecule has 1 aromatic rings. The maximum atomic E-state index is 12.8. The van der Waals surface area contributed by atoms with Crippen LogP contribution in [0, 0.1) is 11.8 Å². The van der Waals surface area contributed by atoms with Crippen molar-refractivity contribution in [3.8, 4) is 0 Å². The fourth-order valence-electron chi connectivity index (χ4n) is 4.68. The van der Waals surface area contributed by atoms with Crippen molar-refractivity contribution < 1.29 is 9.53 Å². The number of aromatic nitrogens is 1. The van der Waals surface area contributed by atoms with Gasteiger partial charge in [-0.25, -0.2) is 4.98 Å².